The van der Waals surface area contributed by atoms with Gasteiger partial charge in [0.15, 0.2) is 12.3 Å². The normalized spacial score (nSPS) is 17.5. The van der Waals surface area contributed by atoms with Gasteiger partial charge in [0.2, 0.25) is 11.8 Å². The standard InChI is InChI=1S/C24H21BrFN3O4S/c25-17-9-11-21(27-14-17)33-13-4-2-1-3-6-16-7-5-8-18-19(16)15-28(23(18)31)20-10-12-22(30)29(34-26)24(20)32/h5,7-9,11,14,20H,1-2,4,10,12-13,15H2. The Kier molecular flexibility index (Phi) is 7.85. The third-order valence-corrected chi connectivity index (χ3v) is 6.64. The number of pyridine rings is 1. The number of unbranched alkanes of at least 4 members (excludes halogenated alkanes) is 2. The number of fused-ring (bicyclic) bond motifs is 1. The summed E-state index contributed by atoms with van der Waals surface area (Å²) in [6.07, 6.45) is 4.24. The zero-order valence-corrected chi connectivity index (χ0v) is 20.5. The average molecular weight is 546 g/mol. The molecule has 2 aliphatic heterocycles. The Morgan fingerprint density at radius 2 is 2.06 bits per heavy atom. The van der Waals surface area contributed by atoms with Crippen molar-refractivity contribution in [1.82, 2.24) is 14.2 Å². The molecular weight excluding hydrogens is 525 g/mol. The molecule has 2 aromatic rings. The van der Waals surface area contributed by atoms with E-state index in [9.17, 15) is 18.3 Å². The van der Waals surface area contributed by atoms with Gasteiger partial charge in [-0.15, -0.1) is 3.89 Å². The summed E-state index contributed by atoms with van der Waals surface area (Å²) in [5, 5.41) is 0. The molecular formula is C24H21BrFN3O4S. The van der Waals surface area contributed by atoms with Gasteiger partial charge in [-0.05, 0) is 59.0 Å². The fraction of sp³-hybridized carbons (Fsp3) is 0.333. The second kappa shape index (κ2) is 11.0. The second-order valence-electron chi connectivity index (χ2n) is 7.84. The largest absolute Gasteiger partial charge is 0.478 e. The number of hydrogen-bond acceptors (Lipinski definition) is 6. The molecule has 1 fully saturated rings. The lowest BCUT2D eigenvalue weighted by Gasteiger charge is -2.32. The van der Waals surface area contributed by atoms with E-state index in [4.69, 9.17) is 4.74 Å². The summed E-state index contributed by atoms with van der Waals surface area (Å²) >= 11 is 2.92. The molecule has 0 radical (unpaired) electrons. The lowest BCUT2D eigenvalue weighted by Crippen LogP contribution is -2.51. The van der Waals surface area contributed by atoms with Gasteiger partial charge < -0.3 is 9.64 Å². The first-order valence-electron chi connectivity index (χ1n) is 10.8. The Balaban J connectivity index is 1.33. The maximum absolute atomic E-state index is 13.1. The zero-order valence-electron chi connectivity index (χ0n) is 18.1. The molecule has 1 aromatic heterocycles. The Hall–Kier alpha value is -2.90. The summed E-state index contributed by atoms with van der Waals surface area (Å²) in [4.78, 5) is 42.8. The van der Waals surface area contributed by atoms with Crippen molar-refractivity contribution in [3.05, 3.63) is 57.7 Å². The molecule has 1 unspecified atom stereocenters. The van der Waals surface area contributed by atoms with E-state index in [-0.39, 0.29) is 25.3 Å². The number of piperidine rings is 1. The summed E-state index contributed by atoms with van der Waals surface area (Å²) < 4.78 is 20.1. The molecule has 1 saturated heterocycles. The van der Waals surface area contributed by atoms with Gasteiger partial charge in [0.05, 0.1) is 6.61 Å². The Labute approximate surface area is 209 Å². The first kappa shape index (κ1) is 24.2. The van der Waals surface area contributed by atoms with Crippen LogP contribution in [-0.2, 0) is 16.1 Å². The van der Waals surface area contributed by atoms with Gasteiger partial charge in [-0.1, -0.05) is 17.9 Å². The van der Waals surface area contributed by atoms with Crippen LogP contribution in [0.5, 0.6) is 5.88 Å². The molecule has 3 amide bonds. The van der Waals surface area contributed by atoms with E-state index in [1.165, 1.54) is 4.90 Å². The number of imide groups is 1. The van der Waals surface area contributed by atoms with Crippen LogP contribution in [0, 0.1) is 11.8 Å². The maximum atomic E-state index is 13.1. The van der Waals surface area contributed by atoms with Crippen LogP contribution in [0.1, 0.15) is 53.6 Å². The summed E-state index contributed by atoms with van der Waals surface area (Å²) in [6, 6.07) is 8.13. The van der Waals surface area contributed by atoms with Crippen molar-refractivity contribution in [3.8, 4) is 17.7 Å². The SMILES string of the molecule is O=C1CCC(N2Cc3c(C#CCCCCOc4ccc(Br)cn4)cccc3C2=O)C(=O)N1SF. The van der Waals surface area contributed by atoms with Crippen molar-refractivity contribution in [3.63, 3.8) is 0 Å². The molecule has 1 aromatic carbocycles. The van der Waals surface area contributed by atoms with Gasteiger partial charge in [0, 0.05) is 47.2 Å². The number of nitrogens with zero attached hydrogens (tertiary/aromatic N) is 3. The molecule has 176 valence electrons. The fourth-order valence-corrected chi connectivity index (χ4v) is 4.52. The highest BCUT2D eigenvalue weighted by Gasteiger charge is 2.43. The monoisotopic (exact) mass is 545 g/mol. The van der Waals surface area contributed by atoms with Crippen LogP contribution >= 0.6 is 28.3 Å². The third kappa shape index (κ3) is 5.26. The molecule has 0 aliphatic carbocycles. The van der Waals surface area contributed by atoms with Crippen LogP contribution in [0.2, 0.25) is 0 Å². The Morgan fingerprint density at radius 1 is 1.21 bits per heavy atom. The van der Waals surface area contributed by atoms with Gasteiger partial charge in [0.1, 0.15) is 6.04 Å². The van der Waals surface area contributed by atoms with E-state index in [0.29, 0.717) is 28.8 Å². The molecule has 0 spiro atoms. The molecule has 0 bridgehead atoms. The van der Waals surface area contributed by atoms with E-state index in [2.05, 4.69) is 32.8 Å². The number of carbonyl (C=O) groups is 3. The van der Waals surface area contributed by atoms with Crippen LogP contribution in [-0.4, -0.2) is 44.6 Å². The summed E-state index contributed by atoms with van der Waals surface area (Å²) in [7, 11) is 0. The highest BCUT2D eigenvalue weighted by Crippen LogP contribution is 2.32. The van der Waals surface area contributed by atoms with E-state index in [1.807, 2.05) is 12.1 Å². The van der Waals surface area contributed by atoms with Crippen molar-refractivity contribution in [2.45, 2.75) is 44.7 Å². The van der Waals surface area contributed by atoms with Crippen LogP contribution in [0.4, 0.5) is 3.89 Å². The minimum atomic E-state index is -0.859. The van der Waals surface area contributed by atoms with Crippen LogP contribution in [0.25, 0.3) is 0 Å². The van der Waals surface area contributed by atoms with Crippen molar-refractivity contribution in [2.24, 2.45) is 0 Å². The number of amides is 3. The topological polar surface area (TPSA) is 79.8 Å². The highest BCUT2D eigenvalue weighted by molar-refractivity contribution is 9.10. The fourth-order valence-electron chi connectivity index (χ4n) is 3.93. The number of benzene rings is 1. The summed E-state index contributed by atoms with van der Waals surface area (Å²) in [6.45, 7) is 0.759. The van der Waals surface area contributed by atoms with Gasteiger partial charge in [0.25, 0.3) is 11.8 Å². The molecule has 3 heterocycles. The lowest BCUT2D eigenvalue weighted by atomic mass is 10.0. The van der Waals surface area contributed by atoms with Crippen molar-refractivity contribution < 1.29 is 23.0 Å². The van der Waals surface area contributed by atoms with E-state index in [0.717, 1.165) is 28.4 Å². The molecule has 0 saturated carbocycles. The maximum Gasteiger partial charge on any atom is 0.264 e. The summed E-state index contributed by atoms with van der Waals surface area (Å²) in [5.41, 5.74) is 1.99. The second-order valence-corrected chi connectivity index (χ2v) is 9.26. The smallest absolute Gasteiger partial charge is 0.264 e. The summed E-state index contributed by atoms with van der Waals surface area (Å²) in [5.74, 6) is 5.30. The van der Waals surface area contributed by atoms with Crippen molar-refractivity contribution in [1.29, 1.82) is 0 Å². The predicted molar refractivity (Wildman–Crippen MR) is 128 cm³/mol. The Morgan fingerprint density at radius 3 is 2.82 bits per heavy atom. The van der Waals surface area contributed by atoms with Crippen molar-refractivity contribution >= 4 is 46.0 Å². The quantitative estimate of drug-likeness (QED) is 0.221. The number of halogens is 2. The van der Waals surface area contributed by atoms with Gasteiger partial charge in [-0.2, -0.15) is 4.31 Å². The molecule has 10 heteroatoms. The molecule has 34 heavy (non-hydrogen) atoms. The van der Waals surface area contributed by atoms with Crippen LogP contribution in [0.15, 0.2) is 41.0 Å². The number of carbonyl (C=O) groups excluding carboxylic acids is 3. The molecule has 1 atom stereocenters. The van der Waals surface area contributed by atoms with Crippen LogP contribution in [0.3, 0.4) is 0 Å². The van der Waals surface area contributed by atoms with Crippen molar-refractivity contribution in [2.75, 3.05) is 6.61 Å². The molecule has 2 aliphatic rings. The third-order valence-electron chi connectivity index (χ3n) is 5.65. The predicted octanol–water partition coefficient (Wildman–Crippen LogP) is 4.45. The molecule has 0 N–H and O–H groups in total. The first-order valence-corrected chi connectivity index (χ1v) is 12.3. The number of aromatic nitrogens is 1. The van der Waals surface area contributed by atoms with Gasteiger partial charge in [-0.3, -0.25) is 14.4 Å². The molecule has 4 rings (SSSR count). The number of rotatable bonds is 7. The zero-order chi connectivity index (χ0) is 24.1. The van der Waals surface area contributed by atoms with Crippen LogP contribution < -0.4 is 4.74 Å². The average Bonchev–Trinajstić information content (AvgIpc) is 3.17. The first-order chi connectivity index (χ1) is 16.5. The van der Waals surface area contributed by atoms with E-state index < -0.39 is 30.2 Å². The minimum absolute atomic E-state index is 0.0156. The molecule has 7 nitrogen and oxygen atoms in total. The number of ether oxygens (including phenoxy) is 1. The Bertz CT molecular complexity index is 1170. The van der Waals surface area contributed by atoms with E-state index in [1.54, 1.807) is 24.4 Å². The number of hydrogen-bond donors (Lipinski definition) is 0. The van der Waals surface area contributed by atoms with Gasteiger partial charge in [-0.25, -0.2) is 4.98 Å². The lowest BCUT2D eigenvalue weighted by molar-refractivity contribution is -0.145. The minimum Gasteiger partial charge on any atom is -0.478 e. The van der Waals surface area contributed by atoms with Gasteiger partial charge >= 0.3 is 0 Å². The highest BCUT2D eigenvalue weighted by atomic mass is 79.9. The van der Waals surface area contributed by atoms with E-state index >= 15 is 0 Å².